The van der Waals surface area contributed by atoms with Crippen LogP contribution in [-0.2, 0) is 4.79 Å². The minimum atomic E-state index is -0.273. The zero-order valence-corrected chi connectivity index (χ0v) is 11.6. The lowest BCUT2D eigenvalue weighted by Gasteiger charge is -2.25. The number of benzene rings is 1. The van der Waals surface area contributed by atoms with Gasteiger partial charge in [-0.15, -0.1) is 0 Å². The molecule has 1 amide bonds. The number of pyridine rings is 1. The molecule has 1 aliphatic rings. The Morgan fingerprint density at radius 2 is 2.35 bits per heavy atom. The lowest BCUT2D eigenvalue weighted by atomic mass is 9.83. The summed E-state index contributed by atoms with van der Waals surface area (Å²) in [4.78, 5) is 16.8. The fourth-order valence-corrected chi connectivity index (χ4v) is 2.88. The van der Waals surface area contributed by atoms with E-state index in [4.69, 9.17) is 0 Å². The molecular formula is C16H19N3O. The molecule has 0 aliphatic carbocycles. The van der Waals surface area contributed by atoms with Crippen LogP contribution in [0, 0.1) is 5.41 Å². The number of rotatable bonds is 3. The molecule has 1 aliphatic heterocycles. The molecule has 1 atom stereocenters. The van der Waals surface area contributed by atoms with Crippen LogP contribution in [0.25, 0.3) is 10.8 Å². The van der Waals surface area contributed by atoms with Crippen molar-refractivity contribution < 1.29 is 4.79 Å². The van der Waals surface area contributed by atoms with Crippen molar-refractivity contribution in [3.8, 4) is 0 Å². The standard InChI is InChI=1S/C16H19N3O/c1-2-16(7-9-18-11-16)15(20)19-14-5-3-4-12-6-8-17-10-13(12)14/h3-6,8,10,18H,2,7,9,11H2,1H3,(H,19,20). The summed E-state index contributed by atoms with van der Waals surface area (Å²) < 4.78 is 0. The molecule has 0 saturated carbocycles. The average Bonchev–Trinajstić information content (AvgIpc) is 2.98. The molecule has 2 N–H and O–H groups in total. The summed E-state index contributed by atoms with van der Waals surface area (Å²) in [6.45, 7) is 3.76. The van der Waals surface area contributed by atoms with Crippen LogP contribution in [0.2, 0.25) is 0 Å². The highest BCUT2D eigenvalue weighted by Crippen LogP contribution is 2.32. The van der Waals surface area contributed by atoms with Gasteiger partial charge in [0.1, 0.15) is 0 Å². The highest BCUT2D eigenvalue weighted by molar-refractivity contribution is 6.03. The zero-order chi connectivity index (χ0) is 14.0. The quantitative estimate of drug-likeness (QED) is 0.900. The van der Waals surface area contributed by atoms with Gasteiger partial charge in [0.15, 0.2) is 0 Å². The first-order valence-corrected chi connectivity index (χ1v) is 7.10. The van der Waals surface area contributed by atoms with Gasteiger partial charge in [-0.2, -0.15) is 0 Å². The number of hydrogen-bond acceptors (Lipinski definition) is 3. The fourth-order valence-electron chi connectivity index (χ4n) is 2.88. The summed E-state index contributed by atoms with van der Waals surface area (Å²) >= 11 is 0. The second-order valence-electron chi connectivity index (χ2n) is 5.42. The van der Waals surface area contributed by atoms with Gasteiger partial charge >= 0.3 is 0 Å². The maximum absolute atomic E-state index is 12.6. The second-order valence-corrected chi connectivity index (χ2v) is 5.42. The van der Waals surface area contributed by atoms with E-state index in [0.29, 0.717) is 0 Å². The molecule has 2 heterocycles. The number of nitrogens with zero attached hydrogens (tertiary/aromatic N) is 1. The lowest BCUT2D eigenvalue weighted by molar-refractivity contribution is -0.124. The predicted molar refractivity (Wildman–Crippen MR) is 80.6 cm³/mol. The van der Waals surface area contributed by atoms with Gasteiger partial charge in [0, 0.05) is 24.3 Å². The molecule has 0 radical (unpaired) electrons. The Kier molecular flexibility index (Phi) is 3.40. The fraction of sp³-hybridized carbons (Fsp3) is 0.375. The van der Waals surface area contributed by atoms with Crippen molar-refractivity contribution in [2.75, 3.05) is 18.4 Å². The molecule has 20 heavy (non-hydrogen) atoms. The van der Waals surface area contributed by atoms with Crippen LogP contribution in [-0.4, -0.2) is 24.0 Å². The highest BCUT2D eigenvalue weighted by atomic mass is 16.2. The van der Waals surface area contributed by atoms with Crippen LogP contribution in [0.1, 0.15) is 19.8 Å². The summed E-state index contributed by atoms with van der Waals surface area (Å²) in [6.07, 6.45) is 5.33. The maximum atomic E-state index is 12.6. The normalized spacial score (nSPS) is 22.1. The Morgan fingerprint density at radius 3 is 3.10 bits per heavy atom. The topological polar surface area (TPSA) is 54.0 Å². The van der Waals surface area contributed by atoms with Crippen molar-refractivity contribution >= 4 is 22.4 Å². The summed E-state index contributed by atoms with van der Waals surface area (Å²) in [5.41, 5.74) is 0.574. The van der Waals surface area contributed by atoms with Gasteiger partial charge in [-0.05, 0) is 36.9 Å². The van der Waals surface area contributed by atoms with Gasteiger partial charge in [0.05, 0.1) is 11.1 Å². The molecular weight excluding hydrogens is 250 g/mol. The summed E-state index contributed by atoms with van der Waals surface area (Å²) in [7, 11) is 0. The smallest absolute Gasteiger partial charge is 0.231 e. The van der Waals surface area contributed by atoms with E-state index < -0.39 is 0 Å². The van der Waals surface area contributed by atoms with Gasteiger partial charge in [-0.3, -0.25) is 9.78 Å². The van der Waals surface area contributed by atoms with Gasteiger partial charge in [-0.25, -0.2) is 0 Å². The summed E-state index contributed by atoms with van der Waals surface area (Å²) in [5.74, 6) is 0.112. The minimum Gasteiger partial charge on any atom is -0.325 e. The second kappa shape index (κ2) is 5.21. The molecule has 4 heteroatoms. The van der Waals surface area contributed by atoms with Gasteiger partial charge in [0.2, 0.25) is 5.91 Å². The van der Waals surface area contributed by atoms with Crippen molar-refractivity contribution in [3.05, 3.63) is 36.7 Å². The molecule has 1 saturated heterocycles. The third-order valence-corrected chi connectivity index (χ3v) is 4.33. The first-order chi connectivity index (χ1) is 9.75. The van der Waals surface area contributed by atoms with E-state index in [1.807, 2.05) is 24.3 Å². The Labute approximate surface area is 118 Å². The summed E-state index contributed by atoms with van der Waals surface area (Å²) in [6, 6.07) is 7.88. The SMILES string of the molecule is CCC1(C(=O)Nc2cccc3ccncc23)CCNC1. The number of nitrogens with one attached hydrogen (secondary N) is 2. The molecule has 1 fully saturated rings. The van der Waals surface area contributed by atoms with Crippen molar-refractivity contribution in [1.29, 1.82) is 0 Å². The van der Waals surface area contributed by atoms with E-state index in [9.17, 15) is 4.79 Å². The Hall–Kier alpha value is -1.94. The van der Waals surface area contributed by atoms with E-state index in [2.05, 4.69) is 22.5 Å². The molecule has 1 unspecified atom stereocenters. The Balaban J connectivity index is 1.91. The van der Waals surface area contributed by atoms with Crippen molar-refractivity contribution in [3.63, 3.8) is 0 Å². The van der Waals surface area contributed by atoms with Gasteiger partial charge in [0.25, 0.3) is 0 Å². The van der Waals surface area contributed by atoms with E-state index in [0.717, 1.165) is 42.4 Å². The van der Waals surface area contributed by atoms with Crippen LogP contribution in [0.15, 0.2) is 36.7 Å². The minimum absolute atomic E-state index is 0.112. The molecule has 0 spiro atoms. The van der Waals surface area contributed by atoms with E-state index in [-0.39, 0.29) is 11.3 Å². The summed E-state index contributed by atoms with van der Waals surface area (Å²) in [5, 5.41) is 8.47. The van der Waals surface area contributed by atoms with Crippen molar-refractivity contribution in [2.45, 2.75) is 19.8 Å². The Bertz CT molecular complexity index is 627. The lowest BCUT2D eigenvalue weighted by Crippen LogP contribution is -2.37. The number of anilines is 1. The monoisotopic (exact) mass is 269 g/mol. The highest BCUT2D eigenvalue weighted by Gasteiger charge is 2.39. The molecule has 4 nitrogen and oxygen atoms in total. The van der Waals surface area contributed by atoms with Crippen molar-refractivity contribution in [1.82, 2.24) is 10.3 Å². The van der Waals surface area contributed by atoms with Gasteiger partial charge in [-0.1, -0.05) is 19.1 Å². The number of amides is 1. The third-order valence-electron chi connectivity index (χ3n) is 4.33. The van der Waals surface area contributed by atoms with Crippen LogP contribution in [0.5, 0.6) is 0 Å². The molecule has 1 aromatic heterocycles. The number of carbonyl (C=O) groups excluding carboxylic acids is 1. The van der Waals surface area contributed by atoms with Gasteiger partial charge < -0.3 is 10.6 Å². The van der Waals surface area contributed by atoms with Crippen LogP contribution in [0.3, 0.4) is 0 Å². The van der Waals surface area contributed by atoms with Crippen LogP contribution < -0.4 is 10.6 Å². The molecule has 1 aromatic carbocycles. The molecule has 0 bridgehead atoms. The molecule has 104 valence electrons. The number of fused-ring (bicyclic) bond motifs is 1. The third kappa shape index (κ3) is 2.16. The zero-order valence-electron chi connectivity index (χ0n) is 11.6. The Morgan fingerprint density at radius 1 is 1.45 bits per heavy atom. The number of carbonyl (C=O) groups is 1. The van der Waals surface area contributed by atoms with E-state index in [1.165, 1.54) is 0 Å². The maximum Gasteiger partial charge on any atom is 0.231 e. The van der Waals surface area contributed by atoms with Crippen molar-refractivity contribution in [2.24, 2.45) is 5.41 Å². The van der Waals surface area contributed by atoms with Crippen LogP contribution >= 0.6 is 0 Å². The van der Waals surface area contributed by atoms with E-state index >= 15 is 0 Å². The predicted octanol–water partition coefficient (Wildman–Crippen LogP) is 2.56. The first-order valence-electron chi connectivity index (χ1n) is 7.10. The first kappa shape index (κ1) is 13.1. The molecule has 3 rings (SSSR count). The average molecular weight is 269 g/mol. The number of hydrogen-bond donors (Lipinski definition) is 2. The van der Waals surface area contributed by atoms with E-state index in [1.54, 1.807) is 12.4 Å². The van der Waals surface area contributed by atoms with Crippen LogP contribution in [0.4, 0.5) is 5.69 Å². The number of aromatic nitrogens is 1. The molecule has 2 aromatic rings. The largest absolute Gasteiger partial charge is 0.325 e.